The lowest BCUT2D eigenvalue weighted by molar-refractivity contribution is -0.130. The molecule has 1 atom stereocenters. The molecule has 1 unspecified atom stereocenters. The van der Waals surface area contributed by atoms with Gasteiger partial charge in [-0.25, -0.2) is 0 Å². The van der Waals surface area contributed by atoms with Gasteiger partial charge in [0.15, 0.2) is 0 Å². The van der Waals surface area contributed by atoms with E-state index in [2.05, 4.69) is 62.9 Å². The minimum atomic E-state index is -0.441. The van der Waals surface area contributed by atoms with Gasteiger partial charge in [0.1, 0.15) is 0 Å². The van der Waals surface area contributed by atoms with E-state index in [9.17, 15) is 9.90 Å². The SMILES string of the molecule is CN(C)C(=O)CN1CCN(CC(O)Cn2c3ccccc3c3ccccc32)CC1. The Morgan fingerprint density at radius 2 is 1.41 bits per heavy atom. The topological polar surface area (TPSA) is 52.0 Å². The number of likely N-dealkylation sites (N-methyl/N-ethyl adjacent to an activating group) is 1. The van der Waals surface area contributed by atoms with Gasteiger partial charge in [0.2, 0.25) is 5.91 Å². The largest absolute Gasteiger partial charge is 0.390 e. The molecule has 0 radical (unpaired) electrons. The summed E-state index contributed by atoms with van der Waals surface area (Å²) in [6, 6.07) is 16.8. The van der Waals surface area contributed by atoms with Crippen molar-refractivity contribution in [2.75, 3.05) is 53.4 Å². The Balaban J connectivity index is 1.40. The van der Waals surface area contributed by atoms with E-state index in [1.54, 1.807) is 19.0 Å². The number of nitrogens with zero attached hydrogens (tertiary/aromatic N) is 4. The fourth-order valence-electron chi connectivity index (χ4n) is 4.23. The summed E-state index contributed by atoms with van der Waals surface area (Å²) in [5.41, 5.74) is 2.33. The molecule has 1 aliphatic heterocycles. The summed E-state index contributed by atoms with van der Waals surface area (Å²) >= 11 is 0. The van der Waals surface area contributed by atoms with E-state index in [4.69, 9.17) is 0 Å². The van der Waals surface area contributed by atoms with E-state index in [1.165, 1.54) is 21.8 Å². The number of aliphatic hydroxyl groups is 1. The molecule has 1 fully saturated rings. The van der Waals surface area contributed by atoms with Gasteiger partial charge in [0.25, 0.3) is 0 Å². The van der Waals surface area contributed by atoms with Crippen LogP contribution in [-0.2, 0) is 11.3 Å². The summed E-state index contributed by atoms with van der Waals surface area (Å²) in [5.74, 6) is 0.143. The number of carbonyl (C=O) groups excluding carboxylic acids is 1. The Labute approximate surface area is 171 Å². The van der Waals surface area contributed by atoms with Crippen molar-refractivity contribution in [3.63, 3.8) is 0 Å². The molecule has 1 N–H and O–H groups in total. The monoisotopic (exact) mass is 394 g/mol. The smallest absolute Gasteiger partial charge is 0.236 e. The number of benzene rings is 2. The number of para-hydroxylation sites is 2. The summed E-state index contributed by atoms with van der Waals surface area (Å²) in [5, 5.41) is 13.3. The summed E-state index contributed by atoms with van der Waals surface area (Å²) in [4.78, 5) is 18.0. The van der Waals surface area contributed by atoms with Crippen LogP contribution in [0, 0.1) is 0 Å². The first-order chi connectivity index (χ1) is 14.0. The number of hydrogen-bond donors (Lipinski definition) is 1. The number of aromatic nitrogens is 1. The lowest BCUT2D eigenvalue weighted by Crippen LogP contribution is -2.51. The van der Waals surface area contributed by atoms with Crippen molar-refractivity contribution >= 4 is 27.7 Å². The van der Waals surface area contributed by atoms with Gasteiger partial charge in [0, 0.05) is 68.6 Å². The van der Waals surface area contributed by atoms with Crippen LogP contribution in [0.2, 0.25) is 0 Å². The summed E-state index contributed by atoms with van der Waals surface area (Å²) in [7, 11) is 3.59. The maximum absolute atomic E-state index is 11.9. The van der Waals surface area contributed by atoms with Crippen molar-refractivity contribution < 1.29 is 9.90 Å². The van der Waals surface area contributed by atoms with Gasteiger partial charge < -0.3 is 14.6 Å². The minimum absolute atomic E-state index is 0.143. The molecule has 1 saturated heterocycles. The molecule has 6 heteroatoms. The molecule has 6 nitrogen and oxygen atoms in total. The van der Waals surface area contributed by atoms with E-state index >= 15 is 0 Å². The number of amides is 1. The van der Waals surface area contributed by atoms with Gasteiger partial charge in [-0.05, 0) is 12.1 Å². The molecule has 1 aromatic heterocycles. The van der Waals surface area contributed by atoms with Crippen LogP contribution in [0.15, 0.2) is 48.5 Å². The average molecular weight is 395 g/mol. The van der Waals surface area contributed by atoms with E-state index in [0.717, 1.165) is 26.2 Å². The zero-order chi connectivity index (χ0) is 20.4. The van der Waals surface area contributed by atoms with Crippen molar-refractivity contribution in [3.8, 4) is 0 Å². The second-order valence-electron chi connectivity index (χ2n) is 8.16. The Bertz CT molecular complexity index is 936. The van der Waals surface area contributed by atoms with E-state index in [0.29, 0.717) is 19.6 Å². The highest BCUT2D eigenvalue weighted by atomic mass is 16.3. The molecular formula is C23H30N4O2. The quantitative estimate of drug-likeness (QED) is 0.693. The maximum Gasteiger partial charge on any atom is 0.236 e. The third-order valence-corrected chi connectivity index (χ3v) is 5.86. The van der Waals surface area contributed by atoms with Crippen LogP contribution in [0.1, 0.15) is 0 Å². The standard InChI is InChI=1S/C23H30N4O2/c1-24(2)23(29)17-26-13-11-25(12-14-26)15-18(28)16-27-21-9-5-3-7-19(21)20-8-4-6-10-22(20)27/h3-10,18,28H,11-17H2,1-2H3. The first-order valence-electron chi connectivity index (χ1n) is 10.3. The van der Waals surface area contributed by atoms with Gasteiger partial charge in [-0.2, -0.15) is 0 Å². The summed E-state index contributed by atoms with van der Waals surface area (Å²) < 4.78 is 2.24. The third-order valence-electron chi connectivity index (χ3n) is 5.86. The molecule has 2 aromatic carbocycles. The van der Waals surface area contributed by atoms with Crippen molar-refractivity contribution in [2.24, 2.45) is 0 Å². The fourth-order valence-corrected chi connectivity index (χ4v) is 4.23. The Morgan fingerprint density at radius 1 is 0.897 bits per heavy atom. The van der Waals surface area contributed by atoms with Gasteiger partial charge >= 0.3 is 0 Å². The van der Waals surface area contributed by atoms with Crippen LogP contribution in [0.25, 0.3) is 21.8 Å². The van der Waals surface area contributed by atoms with Gasteiger partial charge in [0.05, 0.1) is 19.2 Å². The van der Waals surface area contributed by atoms with Gasteiger partial charge in [-0.15, -0.1) is 0 Å². The highest BCUT2D eigenvalue weighted by Gasteiger charge is 2.22. The van der Waals surface area contributed by atoms with Crippen molar-refractivity contribution in [1.29, 1.82) is 0 Å². The number of hydrogen-bond acceptors (Lipinski definition) is 4. The van der Waals surface area contributed by atoms with Crippen molar-refractivity contribution in [1.82, 2.24) is 19.3 Å². The minimum Gasteiger partial charge on any atom is -0.390 e. The molecule has 0 bridgehead atoms. The highest BCUT2D eigenvalue weighted by Crippen LogP contribution is 2.28. The number of fused-ring (bicyclic) bond motifs is 3. The first-order valence-corrected chi connectivity index (χ1v) is 10.3. The number of carbonyl (C=O) groups is 1. The molecule has 3 aromatic rings. The molecular weight excluding hydrogens is 364 g/mol. The van der Waals surface area contributed by atoms with E-state index < -0.39 is 6.10 Å². The number of β-amino-alcohol motifs (C(OH)–C–C–N with tert-alkyl or cyclic N) is 1. The lowest BCUT2D eigenvalue weighted by atomic mass is 10.2. The fraction of sp³-hybridized carbons (Fsp3) is 0.435. The number of aliphatic hydroxyl groups excluding tert-OH is 1. The zero-order valence-corrected chi connectivity index (χ0v) is 17.3. The molecule has 0 saturated carbocycles. The Hall–Kier alpha value is -2.41. The van der Waals surface area contributed by atoms with Crippen LogP contribution < -0.4 is 0 Å². The second kappa shape index (κ2) is 8.53. The van der Waals surface area contributed by atoms with Crippen LogP contribution in [0.3, 0.4) is 0 Å². The molecule has 0 spiro atoms. The summed E-state index contributed by atoms with van der Waals surface area (Å²) in [6.07, 6.45) is -0.441. The zero-order valence-electron chi connectivity index (χ0n) is 17.3. The number of rotatable bonds is 6. The maximum atomic E-state index is 11.9. The molecule has 0 aliphatic carbocycles. The molecule has 29 heavy (non-hydrogen) atoms. The van der Waals surface area contributed by atoms with E-state index in [-0.39, 0.29) is 5.91 Å². The van der Waals surface area contributed by atoms with E-state index in [1.807, 2.05) is 0 Å². The van der Waals surface area contributed by atoms with Crippen LogP contribution in [0.4, 0.5) is 0 Å². The molecule has 4 rings (SSSR count). The number of piperazine rings is 1. The molecule has 1 amide bonds. The summed E-state index contributed by atoms with van der Waals surface area (Å²) in [6.45, 7) is 5.19. The van der Waals surface area contributed by atoms with Gasteiger partial charge in [-0.3, -0.25) is 14.6 Å². The lowest BCUT2D eigenvalue weighted by Gasteiger charge is -2.35. The third kappa shape index (κ3) is 4.29. The highest BCUT2D eigenvalue weighted by molar-refractivity contribution is 6.07. The second-order valence-corrected chi connectivity index (χ2v) is 8.16. The van der Waals surface area contributed by atoms with Crippen molar-refractivity contribution in [3.05, 3.63) is 48.5 Å². The van der Waals surface area contributed by atoms with Crippen LogP contribution in [-0.4, -0.2) is 89.7 Å². The Morgan fingerprint density at radius 3 is 1.97 bits per heavy atom. The first kappa shape index (κ1) is 19.9. The predicted molar refractivity (Wildman–Crippen MR) is 117 cm³/mol. The average Bonchev–Trinajstić information content (AvgIpc) is 3.03. The van der Waals surface area contributed by atoms with Crippen LogP contribution >= 0.6 is 0 Å². The molecule has 1 aliphatic rings. The molecule has 154 valence electrons. The molecule has 2 heterocycles. The van der Waals surface area contributed by atoms with Gasteiger partial charge in [-0.1, -0.05) is 36.4 Å². The predicted octanol–water partition coefficient (Wildman–Crippen LogP) is 1.86. The van der Waals surface area contributed by atoms with Crippen molar-refractivity contribution in [2.45, 2.75) is 12.6 Å². The normalized spacial score (nSPS) is 17.1. The Kier molecular flexibility index (Phi) is 5.85. The van der Waals surface area contributed by atoms with Crippen LogP contribution in [0.5, 0.6) is 0 Å².